The highest BCUT2D eigenvalue weighted by atomic mass is 16.5. The van der Waals surface area contributed by atoms with Gasteiger partial charge in [0, 0.05) is 25.3 Å². The summed E-state index contributed by atoms with van der Waals surface area (Å²) in [6.45, 7) is 2.33. The quantitative estimate of drug-likeness (QED) is 0.826. The number of amides is 1. The van der Waals surface area contributed by atoms with Crippen LogP contribution in [0.4, 0.5) is 0 Å². The van der Waals surface area contributed by atoms with E-state index in [1.807, 2.05) is 17.0 Å². The number of pyridine rings is 1. The summed E-state index contributed by atoms with van der Waals surface area (Å²) in [6, 6.07) is 5.97. The first kappa shape index (κ1) is 14.5. The number of nitrogens with zero attached hydrogens (tertiary/aromatic N) is 3. The maximum Gasteiger partial charge on any atom is 0.272 e. The van der Waals surface area contributed by atoms with E-state index in [0.29, 0.717) is 11.7 Å². The fourth-order valence-corrected chi connectivity index (χ4v) is 3.27. The number of likely N-dealkylation sites (N-methyl/N-ethyl adjacent to an activating group) is 1. The molecule has 3 rings (SSSR count). The Morgan fingerprint density at radius 3 is 2.71 bits per heavy atom. The summed E-state index contributed by atoms with van der Waals surface area (Å²) < 4.78 is 6.09. The predicted octanol–water partition coefficient (Wildman–Crippen LogP) is 1.41. The van der Waals surface area contributed by atoms with Crippen molar-refractivity contribution < 1.29 is 9.53 Å². The molecule has 5 heteroatoms. The highest BCUT2D eigenvalue weighted by Crippen LogP contribution is 2.37. The normalized spacial score (nSPS) is 24.7. The molecule has 21 heavy (non-hydrogen) atoms. The van der Waals surface area contributed by atoms with Gasteiger partial charge in [0.2, 0.25) is 0 Å². The van der Waals surface area contributed by atoms with Gasteiger partial charge in [-0.05, 0) is 45.5 Å². The standard InChI is InChI=1S/C16H23N3O2/c1-18(2)13-11-16(21-12-13)6-9-19(10-7-16)15(20)14-5-3-4-8-17-14/h3-5,8,13H,6-7,9-12H2,1-2H3. The van der Waals surface area contributed by atoms with E-state index in [-0.39, 0.29) is 11.5 Å². The molecule has 0 aliphatic carbocycles. The zero-order valence-corrected chi connectivity index (χ0v) is 12.8. The van der Waals surface area contributed by atoms with Gasteiger partial charge in [-0.1, -0.05) is 6.07 Å². The van der Waals surface area contributed by atoms with Crippen LogP contribution in [0.1, 0.15) is 29.8 Å². The molecule has 1 amide bonds. The van der Waals surface area contributed by atoms with Crippen LogP contribution in [-0.2, 0) is 4.74 Å². The molecule has 114 valence electrons. The van der Waals surface area contributed by atoms with E-state index < -0.39 is 0 Å². The highest BCUT2D eigenvalue weighted by molar-refractivity contribution is 5.92. The van der Waals surface area contributed by atoms with E-state index in [4.69, 9.17) is 4.74 Å². The van der Waals surface area contributed by atoms with E-state index >= 15 is 0 Å². The fraction of sp³-hybridized carbons (Fsp3) is 0.625. The van der Waals surface area contributed by atoms with E-state index in [1.165, 1.54) is 0 Å². The molecule has 3 heterocycles. The van der Waals surface area contributed by atoms with Crippen molar-refractivity contribution in [3.05, 3.63) is 30.1 Å². The van der Waals surface area contributed by atoms with E-state index in [9.17, 15) is 4.79 Å². The van der Waals surface area contributed by atoms with Crippen LogP contribution < -0.4 is 0 Å². The van der Waals surface area contributed by atoms with Gasteiger partial charge in [-0.3, -0.25) is 9.78 Å². The summed E-state index contributed by atoms with van der Waals surface area (Å²) in [6.07, 6.45) is 4.60. The van der Waals surface area contributed by atoms with Crippen molar-refractivity contribution in [1.29, 1.82) is 0 Å². The number of carbonyl (C=O) groups is 1. The van der Waals surface area contributed by atoms with Crippen molar-refractivity contribution in [3.8, 4) is 0 Å². The molecule has 1 aromatic heterocycles. The van der Waals surface area contributed by atoms with Gasteiger partial charge in [0.25, 0.3) is 5.91 Å². The van der Waals surface area contributed by atoms with Crippen LogP contribution in [0.3, 0.4) is 0 Å². The summed E-state index contributed by atoms with van der Waals surface area (Å²) in [7, 11) is 4.21. The molecule has 0 bridgehead atoms. The van der Waals surface area contributed by atoms with E-state index in [1.54, 1.807) is 12.3 Å². The Bertz CT molecular complexity index is 496. The van der Waals surface area contributed by atoms with Crippen LogP contribution in [0.5, 0.6) is 0 Å². The first-order chi connectivity index (χ1) is 10.1. The number of ether oxygens (including phenoxy) is 1. The molecule has 2 aliphatic heterocycles. The average Bonchev–Trinajstić information content (AvgIpc) is 2.92. The lowest BCUT2D eigenvalue weighted by molar-refractivity contribution is -0.0393. The Morgan fingerprint density at radius 2 is 2.14 bits per heavy atom. The zero-order valence-electron chi connectivity index (χ0n) is 12.8. The van der Waals surface area contributed by atoms with E-state index in [0.717, 1.165) is 39.0 Å². The van der Waals surface area contributed by atoms with Crippen molar-refractivity contribution in [2.45, 2.75) is 30.9 Å². The Labute approximate surface area is 125 Å². The Balaban J connectivity index is 1.60. The smallest absolute Gasteiger partial charge is 0.272 e. The molecule has 0 aromatic carbocycles. The minimum Gasteiger partial charge on any atom is -0.373 e. The third kappa shape index (κ3) is 2.94. The van der Waals surface area contributed by atoms with Crippen LogP contribution in [0.25, 0.3) is 0 Å². The van der Waals surface area contributed by atoms with Gasteiger partial charge in [-0.2, -0.15) is 0 Å². The summed E-state index contributed by atoms with van der Waals surface area (Å²) in [5.41, 5.74) is 0.516. The lowest BCUT2D eigenvalue weighted by atomic mass is 9.87. The number of carbonyl (C=O) groups excluding carboxylic acids is 1. The van der Waals surface area contributed by atoms with Gasteiger partial charge in [0.1, 0.15) is 5.69 Å². The topological polar surface area (TPSA) is 45.7 Å². The lowest BCUT2D eigenvalue weighted by Crippen LogP contribution is -2.47. The monoisotopic (exact) mass is 289 g/mol. The molecule has 1 unspecified atom stereocenters. The second kappa shape index (κ2) is 5.73. The average molecular weight is 289 g/mol. The summed E-state index contributed by atoms with van der Waals surface area (Å²) >= 11 is 0. The maximum absolute atomic E-state index is 12.4. The van der Waals surface area contributed by atoms with Crippen molar-refractivity contribution in [3.63, 3.8) is 0 Å². The number of likely N-dealkylation sites (tertiary alicyclic amines) is 1. The number of rotatable bonds is 2. The van der Waals surface area contributed by atoms with Gasteiger partial charge in [-0.15, -0.1) is 0 Å². The van der Waals surface area contributed by atoms with Crippen LogP contribution in [0, 0.1) is 0 Å². The first-order valence-corrected chi connectivity index (χ1v) is 7.60. The molecule has 2 saturated heterocycles. The van der Waals surface area contributed by atoms with Gasteiger partial charge < -0.3 is 14.5 Å². The van der Waals surface area contributed by atoms with Crippen molar-refractivity contribution >= 4 is 5.91 Å². The lowest BCUT2D eigenvalue weighted by Gasteiger charge is -2.38. The second-order valence-corrected chi connectivity index (χ2v) is 6.32. The summed E-state index contributed by atoms with van der Waals surface area (Å²) in [4.78, 5) is 20.7. The first-order valence-electron chi connectivity index (χ1n) is 7.60. The van der Waals surface area contributed by atoms with Crippen molar-refractivity contribution in [2.75, 3.05) is 33.8 Å². The van der Waals surface area contributed by atoms with Crippen LogP contribution >= 0.6 is 0 Å². The highest BCUT2D eigenvalue weighted by Gasteiger charge is 2.44. The third-order valence-corrected chi connectivity index (χ3v) is 4.77. The molecular weight excluding hydrogens is 266 g/mol. The van der Waals surface area contributed by atoms with Gasteiger partial charge in [0.15, 0.2) is 0 Å². The molecule has 2 aliphatic rings. The molecule has 0 radical (unpaired) electrons. The molecule has 0 N–H and O–H groups in total. The predicted molar refractivity (Wildman–Crippen MR) is 80.1 cm³/mol. The Morgan fingerprint density at radius 1 is 1.38 bits per heavy atom. The maximum atomic E-state index is 12.4. The van der Waals surface area contributed by atoms with Crippen LogP contribution in [0.2, 0.25) is 0 Å². The fourth-order valence-electron chi connectivity index (χ4n) is 3.27. The van der Waals surface area contributed by atoms with Gasteiger partial charge in [-0.25, -0.2) is 0 Å². The minimum absolute atomic E-state index is 0.0180. The largest absolute Gasteiger partial charge is 0.373 e. The number of hydrogen-bond donors (Lipinski definition) is 0. The summed E-state index contributed by atoms with van der Waals surface area (Å²) in [5.74, 6) is 0.0348. The van der Waals surface area contributed by atoms with Crippen molar-refractivity contribution in [1.82, 2.24) is 14.8 Å². The third-order valence-electron chi connectivity index (χ3n) is 4.77. The minimum atomic E-state index is -0.0180. The number of piperidine rings is 1. The van der Waals surface area contributed by atoms with Crippen LogP contribution in [0.15, 0.2) is 24.4 Å². The molecule has 1 spiro atoms. The molecule has 5 nitrogen and oxygen atoms in total. The molecule has 1 atom stereocenters. The van der Waals surface area contributed by atoms with Crippen LogP contribution in [-0.4, -0.2) is 66.1 Å². The van der Waals surface area contributed by atoms with Gasteiger partial charge in [0.05, 0.1) is 12.2 Å². The van der Waals surface area contributed by atoms with Gasteiger partial charge >= 0.3 is 0 Å². The Kier molecular flexibility index (Phi) is 3.95. The molecule has 1 aromatic rings. The summed E-state index contributed by atoms with van der Waals surface area (Å²) in [5, 5.41) is 0. The molecule has 0 saturated carbocycles. The second-order valence-electron chi connectivity index (χ2n) is 6.32. The Hall–Kier alpha value is -1.46. The zero-order chi connectivity index (χ0) is 14.9. The molecule has 2 fully saturated rings. The SMILES string of the molecule is CN(C)C1COC2(CCN(C(=O)c3ccccn3)CC2)C1. The number of aromatic nitrogens is 1. The van der Waals surface area contributed by atoms with Crippen molar-refractivity contribution in [2.24, 2.45) is 0 Å². The number of hydrogen-bond acceptors (Lipinski definition) is 4. The van der Waals surface area contributed by atoms with E-state index in [2.05, 4.69) is 24.0 Å². The molecular formula is C16H23N3O2.